The highest BCUT2D eigenvalue weighted by Gasteiger charge is 2.15. The average Bonchev–Trinajstić information content (AvgIpc) is 2.85. The summed E-state index contributed by atoms with van der Waals surface area (Å²) in [5.41, 5.74) is 0.698. The molecule has 2 N–H and O–H groups in total. The van der Waals surface area contributed by atoms with Crippen LogP contribution in [0.3, 0.4) is 0 Å². The average molecular weight is 303 g/mol. The molecule has 0 aliphatic carbocycles. The summed E-state index contributed by atoms with van der Waals surface area (Å²) in [5.74, 6) is -1.19. The van der Waals surface area contributed by atoms with Crippen molar-refractivity contribution in [3.63, 3.8) is 0 Å². The van der Waals surface area contributed by atoms with Crippen molar-refractivity contribution in [2.45, 2.75) is 26.3 Å². The largest absolute Gasteiger partial charge is 0.478 e. The highest BCUT2D eigenvalue weighted by molar-refractivity contribution is 7.12. The second kappa shape index (κ2) is 6.54. The summed E-state index contributed by atoms with van der Waals surface area (Å²) in [7, 11) is 0. The molecule has 0 fully saturated rings. The Morgan fingerprint density at radius 3 is 2.57 bits per heavy atom. The van der Waals surface area contributed by atoms with Crippen LogP contribution in [-0.2, 0) is 11.2 Å². The molecule has 0 aliphatic rings. The van der Waals surface area contributed by atoms with Gasteiger partial charge < -0.3 is 10.4 Å². The van der Waals surface area contributed by atoms with Gasteiger partial charge >= 0.3 is 5.97 Å². The fourth-order valence-electron chi connectivity index (χ4n) is 2.11. The lowest BCUT2D eigenvalue weighted by atomic mass is 10.0. The molecular weight excluding hydrogens is 286 g/mol. The first kappa shape index (κ1) is 15.3. The minimum atomic E-state index is -1.01. The van der Waals surface area contributed by atoms with Gasteiger partial charge in [0.15, 0.2) is 0 Å². The Labute approximate surface area is 127 Å². The predicted molar refractivity (Wildman–Crippen MR) is 82.7 cm³/mol. The molecule has 0 aliphatic heterocycles. The maximum absolute atomic E-state index is 12.1. The number of benzene rings is 1. The Hall–Kier alpha value is -2.14. The van der Waals surface area contributed by atoms with Crippen LogP contribution in [0.1, 0.15) is 38.6 Å². The summed E-state index contributed by atoms with van der Waals surface area (Å²) in [4.78, 5) is 25.5. The van der Waals surface area contributed by atoms with Crippen LogP contribution in [-0.4, -0.2) is 17.0 Å². The lowest BCUT2D eigenvalue weighted by Crippen LogP contribution is -2.28. The fraction of sp³-hybridized carbons (Fsp3) is 0.250. The second-order valence-electron chi connectivity index (χ2n) is 4.88. The molecule has 1 heterocycles. The minimum Gasteiger partial charge on any atom is -0.478 e. The number of carboxylic acid groups (broad SMARTS) is 1. The van der Waals surface area contributed by atoms with E-state index in [4.69, 9.17) is 5.11 Å². The molecule has 1 atom stereocenters. The van der Waals surface area contributed by atoms with Crippen LogP contribution >= 0.6 is 11.3 Å². The molecule has 0 spiro atoms. The number of rotatable bonds is 5. The molecule has 0 saturated heterocycles. The number of carbonyl (C=O) groups excluding carboxylic acids is 1. The van der Waals surface area contributed by atoms with Crippen LogP contribution in [0.25, 0.3) is 0 Å². The Balaban J connectivity index is 2.04. The smallest absolute Gasteiger partial charge is 0.335 e. The van der Waals surface area contributed by atoms with Crippen molar-refractivity contribution in [2.75, 3.05) is 0 Å². The molecule has 1 aromatic carbocycles. The lowest BCUT2D eigenvalue weighted by Gasteiger charge is -2.13. The summed E-state index contributed by atoms with van der Waals surface area (Å²) < 4.78 is 0. The highest BCUT2D eigenvalue weighted by atomic mass is 32.1. The molecule has 0 bridgehead atoms. The van der Waals surface area contributed by atoms with E-state index in [2.05, 4.69) is 5.32 Å². The van der Waals surface area contributed by atoms with Gasteiger partial charge in [-0.3, -0.25) is 4.79 Å². The van der Waals surface area contributed by atoms with Crippen molar-refractivity contribution in [3.05, 3.63) is 57.3 Å². The van der Waals surface area contributed by atoms with Gasteiger partial charge in [0.2, 0.25) is 5.91 Å². The summed E-state index contributed by atoms with van der Waals surface area (Å²) in [6, 6.07) is 10.5. The molecule has 0 saturated carbocycles. The third-order valence-corrected chi connectivity index (χ3v) is 4.35. The van der Waals surface area contributed by atoms with Crippen LogP contribution in [0.15, 0.2) is 36.4 Å². The zero-order valence-corrected chi connectivity index (χ0v) is 12.7. The van der Waals surface area contributed by atoms with Gasteiger partial charge in [-0.25, -0.2) is 4.79 Å². The highest BCUT2D eigenvalue weighted by Crippen LogP contribution is 2.22. The summed E-state index contributed by atoms with van der Waals surface area (Å²) >= 11 is 1.64. The SMILES string of the molecule is Cc1ccc(C(C)NC(=O)Cc2ccccc2C(=O)O)s1. The number of hydrogen-bond acceptors (Lipinski definition) is 3. The normalized spacial score (nSPS) is 11.9. The van der Waals surface area contributed by atoms with Crippen molar-refractivity contribution in [1.82, 2.24) is 5.32 Å². The second-order valence-corrected chi connectivity index (χ2v) is 6.20. The topological polar surface area (TPSA) is 66.4 Å². The number of hydrogen-bond donors (Lipinski definition) is 2. The van der Waals surface area contributed by atoms with Crippen molar-refractivity contribution in [3.8, 4) is 0 Å². The number of aromatic carboxylic acids is 1. The first-order valence-corrected chi connectivity index (χ1v) is 7.46. The van der Waals surface area contributed by atoms with Crippen LogP contribution < -0.4 is 5.32 Å². The van der Waals surface area contributed by atoms with E-state index in [-0.39, 0.29) is 23.9 Å². The molecule has 2 aromatic rings. The van der Waals surface area contributed by atoms with Crippen LogP contribution in [0.4, 0.5) is 0 Å². The molecular formula is C16H17NO3S. The number of carboxylic acids is 1. The minimum absolute atomic E-state index is 0.0666. The molecule has 1 aromatic heterocycles. The maximum Gasteiger partial charge on any atom is 0.335 e. The van der Waals surface area contributed by atoms with Crippen LogP contribution in [0.2, 0.25) is 0 Å². The number of aryl methyl sites for hydroxylation is 1. The Bertz CT molecular complexity index is 663. The van der Waals surface area contributed by atoms with Crippen molar-refractivity contribution in [2.24, 2.45) is 0 Å². The van der Waals surface area contributed by atoms with Gasteiger partial charge in [-0.15, -0.1) is 11.3 Å². The third-order valence-electron chi connectivity index (χ3n) is 3.16. The fourth-order valence-corrected chi connectivity index (χ4v) is 2.99. The predicted octanol–water partition coefficient (Wildman–Crippen LogP) is 3.17. The molecule has 5 heteroatoms. The third kappa shape index (κ3) is 3.92. The van der Waals surface area contributed by atoms with E-state index in [0.717, 1.165) is 4.88 Å². The summed E-state index contributed by atoms with van der Waals surface area (Å²) in [6.45, 7) is 3.94. The van der Waals surface area contributed by atoms with Crippen molar-refractivity contribution >= 4 is 23.2 Å². The molecule has 110 valence electrons. The van der Waals surface area contributed by atoms with E-state index < -0.39 is 5.97 Å². The van der Waals surface area contributed by atoms with E-state index in [1.54, 1.807) is 29.5 Å². The Morgan fingerprint density at radius 2 is 1.95 bits per heavy atom. The van der Waals surface area contributed by atoms with Crippen molar-refractivity contribution in [1.29, 1.82) is 0 Å². The number of thiophene rings is 1. The summed E-state index contributed by atoms with van der Waals surface area (Å²) in [6.07, 6.45) is 0.0666. The zero-order chi connectivity index (χ0) is 15.4. The Morgan fingerprint density at radius 1 is 1.24 bits per heavy atom. The first-order chi connectivity index (χ1) is 9.97. The first-order valence-electron chi connectivity index (χ1n) is 6.64. The van der Waals surface area contributed by atoms with Gasteiger partial charge in [0.05, 0.1) is 18.0 Å². The monoisotopic (exact) mass is 303 g/mol. The molecule has 21 heavy (non-hydrogen) atoms. The number of amides is 1. The van der Waals surface area contributed by atoms with E-state index >= 15 is 0 Å². The van der Waals surface area contributed by atoms with E-state index in [1.165, 1.54) is 10.9 Å². The zero-order valence-electron chi connectivity index (χ0n) is 11.9. The van der Waals surface area contributed by atoms with Gasteiger partial charge in [0.25, 0.3) is 0 Å². The van der Waals surface area contributed by atoms with Gasteiger partial charge in [-0.05, 0) is 37.6 Å². The number of carbonyl (C=O) groups is 2. The van der Waals surface area contributed by atoms with Crippen LogP contribution in [0.5, 0.6) is 0 Å². The summed E-state index contributed by atoms with van der Waals surface area (Å²) in [5, 5.41) is 12.0. The molecule has 1 amide bonds. The molecule has 2 rings (SSSR count). The Kier molecular flexibility index (Phi) is 4.75. The van der Waals surface area contributed by atoms with Crippen LogP contribution in [0, 0.1) is 6.92 Å². The molecule has 0 radical (unpaired) electrons. The molecule has 4 nitrogen and oxygen atoms in total. The van der Waals surface area contributed by atoms with E-state index in [1.807, 2.05) is 26.0 Å². The van der Waals surface area contributed by atoms with E-state index in [9.17, 15) is 9.59 Å². The quantitative estimate of drug-likeness (QED) is 0.891. The van der Waals surface area contributed by atoms with Crippen molar-refractivity contribution < 1.29 is 14.7 Å². The van der Waals surface area contributed by atoms with Gasteiger partial charge in [-0.1, -0.05) is 18.2 Å². The maximum atomic E-state index is 12.1. The van der Waals surface area contributed by atoms with Gasteiger partial charge in [-0.2, -0.15) is 0 Å². The van der Waals surface area contributed by atoms with Gasteiger partial charge in [0, 0.05) is 9.75 Å². The van der Waals surface area contributed by atoms with E-state index in [0.29, 0.717) is 5.56 Å². The van der Waals surface area contributed by atoms with Gasteiger partial charge in [0.1, 0.15) is 0 Å². The lowest BCUT2D eigenvalue weighted by molar-refractivity contribution is -0.121. The standard InChI is InChI=1S/C16H17NO3S/c1-10-7-8-14(21-10)11(2)17-15(18)9-12-5-3-4-6-13(12)16(19)20/h3-8,11H,9H2,1-2H3,(H,17,18)(H,19,20). The molecule has 1 unspecified atom stereocenters. The number of nitrogens with one attached hydrogen (secondary N) is 1.